The van der Waals surface area contributed by atoms with Gasteiger partial charge in [-0.15, -0.1) is 0 Å². The standard InChI is InChI=1S/C15H14BrN3O3S/c16-13-6-4-5-12(9-13)10-17-19-15(20)11-18-23(21,22)14-7-2-1-3-8-14/h1-10,18H,11H2,(H,19,20)/b17-10-. The monoisotopic (exact) mass is 395 g/mol. The SMILES string of the molecule is O=C(CNS(=O)(=O)c1ccccc1)N/N=C\c1cccc(Br)c1. The van der Waals surface area contributed by atoms with E-state index in [4.69, 9.17) is 0 Å². The van der Waals surface area contributed by atoms with E-state index in [1.807, 2.05) is 24.3 Å². The lowest BCUT2D eigenvalue weighted by Gasteiger charge is -2.05. The molecule has 0 bridgehead atoms. The molecule has 6 nitrogen and oxygen atoms in total. The first-order valence-electron chi connectivity index (χ1n) is 6.59. The number of hydrogen-bond acceptors (Lipinski definition) is 4. The molecule has 1 amide bonds. The number of amides is 1. The van der Waals surface area contributed by atoms with Crippen LogP contribution in [-0.2, 0) is 14.8 Å². The minimum atomic E-state index is -3.71. The molecule has 0 aliphatic heterocycles. The van der Waals surface area contributed by atoms with E-state index < -0.39 is 22.5 Å². The first kappa shape index (κ1) is 17.3. The fraction of sp³-hybridized carbons (Fsp3) is 0.0667. The quantitative estimate of drug-likeness (QED) is 0.577. The minimum absolute atomic E-state index is 0.102. The topological polar surface area (TPSA) is 87.6 Å². The molecule has 2 rings (SSSR count). The normalized spacial score (nSPS) is 11.5. The summed E-state index contributed by atoms with van der Waals surface area (Å²) in [6.45, 7) is -0.396. The number of halogens is 1. The molecule has 8 heteroatoms. The lowest BCUT2D eigenvalue weighted by Crippen LogP contribution is -2.34. The molecule has 0 aromatic heterocycles. The Morgan fingerprint density at radius 1 is 1.13 bits per heavy atom. The first-order chi connectivity index (χ1) is 11.0. The van der Waals surface area contributed by atoms with Gasteiger partial charge in [0.2, 0.25) is 10.0 Å². The number of carbonyl (C=O) groups is 1. The molecular weight excluding hydrogens is 382 g/mol. The molecule has 0 fully saturated rings. The number of hydrogen-bond donors (Lipinski definition) is 2. The molecule has 0 radical (unpaired) electrons. The van der Waals surface area contributed by atoms with Crippen LogP contribution in [0, 0.1) is 0 Å². The van der Waals surface area contributed by atoms with Crippen LogP contribution in [0.5, 0.6) is 0 Å². The Bertz CT molecular complexity index is 808. The van der Waals surface area contributed by atoms with Crippen LogP contribution in [0.25, 0.3) is 0 Å². The average Bonchev–Trinajstić information content (AvgIpc) is 2.54. The summed E-state index contributed by atoms with van der Waals surface area (Å²) in [4.78, 5) is 11.7. The molecule has 0 saturated heterocycles. The predicted molar refractivity (Wildman–Crippen MR) is 91.5 cm³/mol. The molecule has 0 unspecified atom stereocenters. The van der Waals surface area contributed by atoms with Crippen molar-refractivity contribution in [2.24, 2.45) is 5.10 Å². The summed E-state index contributed by atoms with van der Waals surface area (Å²) in [5.74, 6) is -0.559. The van der Waals surface area contributed by atoms with Crippen molar-refractivity contribution in [3.8, 4) is 0 Å². The van der Waals surface area contributed by atoms with Crippen LogP contribution >= 0.6 is 15.9 Å². The molecule has 0 atom stereocenters. The molecule has 2 N–H and O–H groups in total. The molecule has 0 saturated carbocycles. The summed E-state index contributed by atoms with van der Waals surface area (Å²) in [6, 6.07) is 15.2. The van der Waals surface area contributed by atoms with Crippen molar-refractivity contribution < 1.29 is 13.2 Å². The number of nitrogens with one attached hydrogen (secondary N) is 2. The van der Waals surface area contributed by atoms with Crippen LogP contribution in [-0.4, -0.2) is 27.1 Å². The average molecular weight is 396 g/mol. The van der Waals surface area contributed by atoms with Gasteiger partial charge < -0.3 is 0 Å². The van der Waals surface area contributed by atoms with Crippen LogP contribution < -0.4 is 10.1 Å². The van der Waals surface area contributed by atoms with Crippen LogP contribution in [0.4, 0.5) is 0 Å². The zero-order valence-corrected chi connectivity index (χ0v) is 14.3. The van der Waals surface area contributed by atoms with Crippen molar-refractivity contribution in [2.75, 3.05) is 6.54 Å². The maximum atomic E-state index is 11.9. The van der Waals surface area contributed by atoms with Gasteiger partial charge in [0.05, 0.1) is 17.7 Å². The van der Waals surface area contributed by atoms with Gasteiger partial charge >= 0.3 is 0 Å². The number of nitrogens with zero attached hydrogens (tertiary/aromatic N) is 1. The molecule has 120 valence electrons. The molecule has 0 aliphatic carbocycles. The third kappa shape index (κ3) is 5.59. The maximum Gasteiger partial charge on any atom is 0.255 e. The Hall–Kier alpha value is -2.03. The highest BCUT2D eigenvalue weighted by Gasteiger charge is 2.14. The number of carbonyl (C=O) groups excluding carboxylic acids is 1. The number of sulfonamides is 1. The smallest absolute Gasteiger partial charge is 0.255 e. The van der Waals surface area contributed by atoms with E-state index in [1.54, 1.807) is 18.2 Å². The highest BCUT2D eigenvalue weighted by Crippen LogP contribution is 2.09. The van der Waals surface area contributed by atoms with Crippen LogP contribution in [0.2, 0.25) is 0 Å². The fourth-order valence-corrected chi connectivity index (χ4v) is 3.07. The van der Waals surface area contributed by atoms with E-state index in [1.165, 1.54) is 18.3 Å². The van der Waals surface area contributed by atoms with Crippen molar-refractivity contribution >= 4 is 38.1 Å². The zero-order valence-electron chi connectivity index (χ0n) is 11.9. The summed E-state index contributed by atoms with van der Waals surface area (Å²) >= 11 is 3.33. The van der Waals surface area contributed by atoms with Crippen LogP contribution in [0.15, 0.2) is 69.1 Å². The van der Waals surface area contributed by atoms with Gasteiger partial charge in [-0.3, -0.25) is 4.79 Å². The molecule has 0 spiro atoms. The fourth-order valence-electron chi connectivity index (χ4n) is 1.65. The van der Waals surface area contributed by atoms with Crippen molar-refractivity contribution in [2.45, 2.75) is 4.90 Å². The van der Waals surface area contributed by atoms with Crippen molar-refractivity contribution in [1.29, 1.82) is 0 Å². The number of benzene rings is 2. The molecular formula is C15H14BrN3O3S. The minimum Gasteiger partial charge on any atom is -0.272 e. The molecule has 2 aromatic rings. The molecule has 0 heterocycles. The molecule has 0 aliphatic rings. The second-order valence-electron chi connectivity index (χ2n) is 4.49. The third-order valence-corrected chi connectivity index (χ3v) is 4.64. The van der Waals surface area contributed by atoms with E-state index in [9.17, 15) is 13.2 Å². The number of hydrazone groups is 1. The van der Waals surface area contributed by atoms with Gasteiger partial charge in [-0.05, 0) is 29.8 Å². The maximum absolute atomic E-state index is 11.9. The Labute approximate surface area is 142 Å². The summed E-state index contributed by atoms with van der Waals surface area (Å²) in [7, 11) is -3.71. The summed E-state index contributed by atoms with van der Waals surface area (Å²) in [6.07, 6.45) is 1.47. The van der Waals surface area contributed by atoms with Gasteiger partial charge in [0.25, 0.3) is 5.91 Å². The Balaban J connectivity index is 1.86. The Morgan fingerprint density at radius 3 is 2.57 bits per heavy atom. The van der Waals surface area contributed by atoms with Gasteiger partial charge in [-0.1, -0.05) is 46.3 Å². The first-order valence-corrected chi connectivity index (χ1v) is 8.87. The molecule has 23 heavy (non-hydrogen) atoms. The second-order valence-corrected chi connectivity index (χ2v) is 7.17. The van der Waals surface area contributed by atoms with Gasteiger partial charge in [-0.2, -0.15) is 5.10 Å². The van der Waals surface area contributed by atoms with Crippen molar-refractivity contribution in [1.82, 2.24) is 10.1 Å². The Morgan fingerprint density at radius 2 is 1.87 bits per heavy atom. The van der Waals surface area contributed by atoms with Crippen LogP contribution in [0.1, 0.15) is 5.56 Å². The van der Waals surface area contributed by atoms with Gasteiger partial charge in [0.15, 0.2) is 0 Å². The summed E-state index contributed by atoms with van der Waals surface area (Å²) in [5, 5.41) is 3.78. The van der Waals surface area contributed by atoms with E-state index >= 15 is 0 Å². The third-order valence-electron chi connectivity index (χ3n) is 2.73. The van der Waals surface area contributed by atoms with Gasteiger partial charge in [0, 0.05) is 4.47 Å². The van der Waals surface area contributed by atoms with Gasteiger partial charge in [-0.25, -0.2) is 18.6 Å². The van der Waals surface area contributed by atoms with Crippen LogP contribution in [0.3, 0.4) is 0 Å². The lowest BCUT2D eigenvalue weighted by molar-refractivity contribution is -0.119. The number of rotatable bonds is 6. The van der Waals surface area contributed by atoms with E-state index in [-0.39, 0.29) is 4.90 Å². The van der Waals surface area contributed by atoms with Crippen molar-refractivity contribution in [3.63, 3.8) is 0 Å². The van der Waals surface area contributed by atoms with E-state index in [2.05, 4.69) is 31.2 Å². The highest BCUT2D eigenvalue weighted by atomic mass is 79.9. The summed E-state index contributed by atoms with van der Waals surface area (Å²) in [5.41, 5.74) is 3.06. The summed E-state index contributed by atoms with van der Waals surface area (Å²) < 4.78 is 27.0. The predicted octanol–water partition coefficient (Wildman–Crippen LogP) is 1.88. The van der Waals surface area contributed by atoms with E-state index in [0.29, 0.717) is 0 Å². The second kappa shape index (κ2) is 8.00. The molecule has 2 aromatic carbocycles. The van der Waals surface area contributed by atoms with E-state index in [0.717, 1.165) is 10.0 Å². The highest BCUT2D eigenvalue weighted by molar-refractivity contribution is 9.10. The zero-order chi connectivity index (χ0) is 16.7. The Kier molecular flexibility index (Phi) is 6.03. The largest absolute Gasteiger partial charge is 0.272 e. The lowest BCUT2D eigenvalue weighted by atomic mass is 10.2. The van der Waals surface area contributed by atoms with Gasteiger partial charge in [0.1, 0.15) is 0 Å². The van der Waals surface area contributed by atoms with Crippen molar-refractivity contribution in [3.05, 3.63) is 64.6 Å².